The predicted molar refractivity (Wildman–Crippen MR) is 122 cm³/mol. The van der Waals surface area contributed by atoms with E-state index in [4.69, 9.17) is 9.72 Å². The van der Waals surface area contributed by atoms with Crippen molar-refractivity contribution in [1.82, 2.24) is 25.2 Å². The van der Waals surface area contributed by atoms with E-state index in [0.717, 1.165) is 83.1 Å². The number of hydrogen-bond acceptors (Lipinski definition) is 7. The summed E-state index contributed by atoms with van der Waals surface area (Å²) in [7, 11) is 0. The van der Waals surface area contributed by atoms with E-state index in [-0.39, 0.29) is 5.91 Å². The minimum Gasteiger partial charge on any atom is -0.381 e. The van der Waals surface area contributed by atoms with E-state index >= 15 is 0 Å². The minimum atomic E-state index is 0.0881. The fourth-order valence-electron chi connectivity index (χ4n) is 5.07. The number of anilines is 1. The fraction of sp³-hybridized carbons (Fsp3) is 0.583. The Hall–Kier alpha value is -2.58. The standard InChI is InChI=1S/C24H32N6O2/c31-23(19-2-1-9-25-16-19)29-11-4-20(5-12-29)27-21-6-13-30(17-21)24-26-10-3-22(28-24)18-7-14-32-15-8-18/h1-3,9-10,16,18,20-21,27H,4-8,11-15,17H2. The Balaban J connectivity index is 1.11. The quantitative estimate of drug-likeness (QED) is 0.770. The maximum absolute atomic E-state index is 12.6. The third-order valence-corrected chi connectivity index (χ3v) is 6.94. The van der Waals surface area contributed by atoms with Crippen LogP contribution in [0.4, 0.5) is 5.95 Å². The lowest BCUT2D eigenvalue weighted by Gasteiger charge is -2.34. The van der Waals surface area contributed by atoms with Gasteiger partial charge in [-0.05, 0) is 50.3 Å². The molecule has 1 unspecified atom stereocenters. The average molecular weight is 437 g/mol. The number of likely N-dealkylation sites (tertiary alicyclic amines) is 1. The zero-order valence-corrected chi connectivity index (χ0v) is 18.5. The number of carbonyl (C=O) groups excluding carboxylic acids is 1. The maximum atomic E-state index is 12.6. The molecule has 2 aromatic heterocycles. The van der Waals surface area contributed by atoms with Gasteiger partial charge in [-0.1, -0.05) is 0 Å². The molecule has 1 N–H and O–H groups in total. The zero-order chi connectivity index (χ0) is 21.8. The molecule has 1 amide bonds. The molecule has 32 heavy (non-hydrogen) atoms. The third-order valence-electron chi connectivity index (χ3n) is 6.94. The second-order valence-corrected chi connectivity index (χ2v) is 9.07. The van der Waals surface area contributed by atoms with Gasteiger partial charge in [-0.2, -0.15) is 0 Å². The summed E-state index contributed by atoms with van der Waals surface area (Å²) in [6.45, 7) is 5.15. The van der Waals surface area contributed by atoms with Crippen molar-refractivity contribution in [2.75, 3.05) is 44.3 Å². The van der Waals surface area contributed by atoms with E-state index in [2.05, 4.69) is 26.3 Å². The van der Waals surface area contributed by atoms with E-state index in [1.807, 2.05) is 23.2 Å². The zero-order valence-electron chi connectivity index (χ0n) is 18.5. The van der Waals surface area contributed by atoms with E-state index in [9.17, 15) is 4.79 Å². The largest absolute Gasteiger partial charge is 0.381 e. The summed E-state index contributed by atoms with van der Waals surface area (Å²) in [6, 6.07) is 6.61. The van der Waals surface area contributed by atoms with Gasteiger partial charge >= 0.3 is 0 Å². The Morgan fingerprint density at radius 1 is 1.00 bits per heavy atom. The lowest BCUT2D eigenvalue weighted by Crippen LogP contribution is -2.48. The smallest absolute Gasteiger partial charge is 0.255 e. The van der Waals surface area contributed by atoms with Gasteiger partial charge in [0, 0.05) is 81.7 Å². The summed E-state index contributed by atoms with van der Waals surface area (Å²) in [5.74, 6) is 1.43. The molecule has 0 saturated carbocycles. The van der Waals surface area contributed by atoms with Crippen LogP contribution in [0.2, 0.25) is 0 Å². The highest BCUT2D eigenvalue weighted by Gasteiger charge is 2.30. The second-order valence-electron chi connectivity index (χ2n) is 9.07. The van der Waals surface area contributed by atoms with Gasteiger partial charge in [0.1, 0.15) is 0 Å². The molecule has 170 valence electrons. The van der Waals surface area contributed by atoms with Crippen LogP contribution >= 0.6 is 0 Å². The highest BCUT2D eigenvalue weighted by molar-refractivity contribution is 5.93. The molecule has 3 aliphatic rings. The van der Waals surface area contributed by atoms with Crippen molar-refractivity contribution in [3.63, 3.8) is 0 Å². The number of pyridine rings is 1. The molecule has 5 heterocycles. The first-order valence-corrected chi connectivity index (χ1v) is 11.9. The van der Waals surface area contributed by atoms with Crippen molar-refractivity contribution in [2.24, 2.45) is 0 Å². The molecule has 8 heteroatoms. The number of rotatable bonds is 5. The first-order chi connectivity index (χ1) is 15.8. The first-order valence-electron chi connectivity index (χ1n) is 11.9. The minimum absolute atomic E-state index is 0.0881. The lowest BCUT2D eigenvalue weighted by molar-refractivity contribution is 0.0702. The monoisotopic (exact) mass is 436 g/mol. The molecule has 0 aliphatic carbocycles. The summed E-state index contributed by atoms with van der Waals surface area (Å²) in [5, 5.41) is 3.83. The number of carbonyl (C=O) groups is 1. The van der Waals surface area contributed by atoms with Crippen LogP contribution in [0.1, 0.15) is 54.1 Å². The molecule has 3 fully saturated rings. The highest BCUT2D eigenvalue weighted by atomic mass is 16.5. The van der Waals surface area contributed by atoms with Crippen molar-refractivity contribution in [1.29, 1.82) is 0 Å². The molecular formula is C24H32N6O2. The van der Waals surface area contributed by atoms with Gasteiger partial charge in [-0.3, -0.25) is 9.78 Å². The van der Waals surface area contributed by atoms with Crippen molar-refractivity contribution >= 4 is 11.9 Å². The van der Waals surface area contributed by atoms with Crippen LogP contribution < -0.4 is 10.2 Å². The topological polar surface area (TPSA) is 83.5 Å². The van der Waals surface area contributed by atoms with Crippen molar-refractivity contribution in [2.45, 2.75) is 50.1 Å². The van der Waals surface area contributed by atoms with Crippen LogP contribution in [0.25, 0.3) is 0 Å². The molecule has 2 aromatic rings. The van der Waals surface area contributed by atoms with Crippen molar-refractivity contribution < 1.29 is 9.53 Å². The molecule has 1 atom stereocenters. The van der Waals surface area contributed by atoms with Gasteiger partial charge in [0.25, 0.3) is 5.91 Å². The number of nitrogens with zero attached hydrogens (tertiary/aromatic N) is 5. The van der Waals surface area contributed by atoms with E-state index in [0.29, 0.717) is 23.6 Å². The normalized spacial score (nSPS) is 22.9. The average Bonchev–Trinajstić information content (AvgIpc) is 3.34. The number of nitrogens with one attached hydrogen (secondary N) is 1. The van der Waals surface area contributed by atoms with E-state index in [1.165, 1.54) is 0 Å². The molecule has 8 nitrogen and oxygen atoms in total. The van der Waals surface area contributed by atoms with Crippen LogP contribution in [0.3, 0.4) is 0 Å². The molecule has 3 saturated heterocycles. The van der Waals surface area contributed by atoms with Crippen LogP contribution in [0, 0.1) is 0 Å². The predicted octanol–water partition coefficient (Wildman–Crippen LogP) is 2.24. The molecule has 0 spiro atoms. The molecule has 0 aromatic carbocycles. The number of ether oxygens (including phenoxy) is 1. The maximum Gasteiger partial charge on any atom is 0.255 e. The second kappa shape index (κ2) is 9.92. The number of hydrogen-bond donors (Lipinski definition) is 1. The third kappa shape index (κ3) is 4.91. The molecule has 0 bridgehead atoms. The van der Waals surface area contributed by atoms with Crippen LogP contribution in [-0.4, -0.2) is 77.2 Å². The number of amides is 1. The van der Waals surface area contributed by atoms with Crippen LogP contribution in [-0.2, 0) is 4.74 Å². The Morgan fingerprint density at radius 3 is 2.59 bits per heavy atom. The summed E-state index contributed by atoms with van der Waals surface area (Å²) < 4.78 is 5.49. The fourth-order valence-corrected chi connectivity index (χ4v) is 5.07. The van der Waals surface area contributed by atoms with Gasteiger partial charge < -0.3 is 19.9 Å². The SMILES string of the molecule is O=C(c1cccnc1)N1CCC(NC2CCN(c3nccc(C4CCOCC4)n3)C2)CC1. The van der Waals surface area contributed by atoms with Gasteiger partial charge in [-0.15, -0.1) is 0 Å². The van der Waals surface area contributed by atoms with E-state index in [1.54, 1.807) is 12.4 Å². The summed E-state index contributed by atoms with van der Waals surface area (Å²) in [4.78, 5) is 30.4. The van der Waals surface area contributed by atoms with Crippen LogP contribution in [0.15, 0.2) is 36.8 Å². The van der Waals surface area contributed by atoms with Crippen molar-refractivity contribution in [3.05, 3.63) is 48.0 Å². The Kier molecular flexibility index (Phi) is 6.59. The lowest BCUT2D eigenvalue weighted by atomic mass is 9.96. The molecular weight excluding hydrogens is 404 g/mol. The van der Waals surface area contributed by atoms with Gasteiger partial charge in [-0.25, -0.2) is 9.97 Å². The number of piperidine rings is 1. The summed E-state index contributed by atoms with van der Waals surface area (Å²) >= 11 is 0. The van der Waals surface area contributed by atoms with Gasteiger partial charge in [0.15, 0.2) is 0 Å². The Morgan fingerprint density at radius 2 is 1.81 bits per heavy atom. The first kappa shape index (κ1) is 21.3. The molecule has 0 radical (unpaired) electrons. The summed E-state index contributed by atoms with van der Waals surface area (Å²) in [6.07, 6.45) is 10.4. The summed E-state index contributed by atoms with van der Waals surface area (Å²) in [5.41, 5.74) is 1.83. The Bertz CT molecular complexity index is 896. The van der Waals surface area contributed by atoms with Gasteiger partial charge in [0.05, 0.1) is 5.56 Å². The molecule has 3 aliphatic heterocycles. The Labute approximate surface area is 189 Å². The van der Waals surface area contributed by atoms with Gasteiger partial charge in [0.2, 0.25) is 5.95 Å². The van der Waals surface area contributed by atoms with E-state index < -0.39 is 0 Å². The highest BCUT2D eigenvalue weighted by Crippen LogP contribution is 2.27. The van der Waals surface area contributed by atoms with Crippen molar-refractivity contribution in [3.8, 4) is 0 Å². The number of aromatic nitrogens is 3. The van der Waals surface area contributed by atoms with Crippen LogP contribution in [0.5, 0.6) is 0 Å². The molecule has 5 rings (SSSR count).